The van der Waals surface area contributed by atoms with Crippen LogP contribution in [0, 0.1) is 13.8 Å². The lowest BCUT2D eigenvalue weighted by atomic mass is 10.0. The molecular weight excluding hydrogens is 290 g/mol. The smallest absolute Gasteiger partial charge is 0.267 e. The number of benzene rings is 1. The van der Waals surface area contributed by atoms with E-state index in [1.807, 2.05) is 26.0 Å². The first-order chi connectivity index (χ1) is 11.0. The summed E-state index contributed by atoms with van der Waals surface area (Å²) in [6, 6.07) is 9.32. The van der Waals surface area contributed by atoms with Gasteiger partial charge in [0.25, 0.3) is 5.56 Å². The number of rotatable bonds is 3. The fourth-order valence-electron chi connectivity index (χ4n) is 3.00. The molecule has 3 rings (SSSR count). The molecule has 0 saturated carbocycles. The third-order valence-corrected chi connectivity index (χ3v) is 4.27. The average Bonchev–Trinajstić information content (AvgIpc) is 3.04. The van der Waals surface area contributed by atoms with Crippen molar-refractivity contribution >= 4 is 5.91 Å². The number of hydrogen-bond acceptors (Lipinski definition) is 3. The standard InChI is InChI=1S/C18H21N3O2/c1-13-5-6-15(14(2)11-13)16-7-8-17(22)21(19-16)12-18(23)20-9-3-4-10-20/h5-8,11H,3-4,9-10,12H2,1-2H3. The van der Waals surface area contributed by atoms with Gasteiger partial charge in [0.05, 0.1) is 5.69 Å². The van der Waals surface area contributed by atoms with Gasteiger partial charge in [-0.05, 0) is 38.3 Å². The molecule has 0 bridgehead atoms. The van der Waals surface area contributed by atoms with Crippen molar-refractivity contribution in [2.24, 2.45) is 0 Å². The van der Waals surface area contributed by atoms with Crippen molar-refractivity contribution in [1.29, 1.82) is 0 Å². The Bertz CT molecular complexity index is 789. The van der Waals surface area contributed by atoms with Gasteiger partial charge in [0.2, 0.25) is 5.91 Å². The number of aryl methyl sites for hydroxylation is 2. The molecule has 5 nitrogen and oxygen atoms in total. The van der Waals surface area contributed by atoms with Crippen LogP contribution in [0.25, 0.3) is 11.3 Å². The van der Waals surface area contributed by atoms with Crippen molar-refractivity contribution in [1.82, 2.24) is 14.7 Å². The molecule has 0 aliphatic carbocycles. The van der Waals surface area contributed by atoms with Gasteiger partial charge in [0.15, 0.2) is 0 Å². The molecule has 120 valence electrons. The molecule has 0 unspecified atom stereocenters. The molecule has 1 amide bonds. The molecule has 0 atom stereocenters. The Morgan fingerprint density at radius 2 is 1.87 bits per heavy atom. The maximum Gasteiger partial charge on any atom is 0.267 e. The highest BCUT2D eigenvalue weighted by molar-refractivity contribution is 5.76. The van der Waals surface area contributed by atoms with Gasteiger partial charge >= 0.3 is 0 Å². The third-order valence-electron chi connectivity index (χ3n) is 4.27. The van der Waals surface area contributed by atoms with Gasteiger partial charge < -0.3 is 4.90 Å². The number of nitrogens with zero attached hydrogens (tertiary/aromatic N) is 3. The molecule has 0 spiro atoms. The second kappa shape index (κ2) is 6.36. The number of amides is 1. The number of aromatic nitrogens is 2. The van der Waals surface area contributed by atoms with Crippen molar-refractivity contribution in [3.8, 4) is 11.3 Å². The van der Waals surface area contributed by atoms with E-state index in [2.05, 4.69) is 11.2 Å². The SMILES string of the molecule is Cc1ccc(-c2ccc(=O)n(CC(=O)N3CCCC3)n2)c(C)c1. The largest absolute Gasteiger partial charge is 0.341 e. The maximum atomic E-state index is 12.3. The van der Waals surface area contributed by atoms with Gasteiger partial charge in [0, 0.05) is 24.7 Å². The molecule has 2 aromatic rings. The molecule has 2 heterocycles. The summed E-state index contributed by atoms with van der Waals surface area (Å²) in [5.74, 6) is -0.0325. The topological polar surface area (TPSA) is 55.2 Å². The van der Waals surface area contributed by atoms with Crippen LogP contribution < -0.4 is 5.56 Å². The zero-order chi connectivity index (χ0) is 16.4. The summed E-state index contributed by atoms with van der Waals surface area (Å²) < 4.78 is 1.27. The van der Waals surface area contributed by atoms with Gasteiger partial charge in [-0.3, -0.25) is 9.59 Å². The van der Waals surface area contributed by atoms with Crippen LogP contribution in [-0.4, -0.2) is 33.7 Å². The molecule has 1 aliphatic heterocycles. The Morgan fingerprint density at radius 1 is 1.13 bits per heavy atom. The van der Waals surface area contributed by atoms with Gasteiger partial charge in [0.1, 0.15) is 6.54 Å². The molecule has 1 aromatic heterocycles. The number of hydrogen-bond donors (Lipinski definition) is 0. The molecule has 23 heavy (non-hydrogen) atoms. The minimum absolute atomic E-state index is 0.0115. The molecule has 1 fully saturated rings. The Morgan fingerprint density at radius 3 is 2.57 bits per heavy atom. The van der Waals surface area contributed by atoms with E-state index in [1.54, 1.807) is 11.0 Å². The predicted molar refractivity (Wildman–Crippen MR) is 89.2 cm³/mol. The molecule has 5 heteroatoms. The monoisotopic (exact) mass is 311 g/mol. The fraction of sp³-hybridized carbons (Fsp3) is 0.389. The number of carbonyl (C=O) groups is 1. The van der Waals surface area contributed by atoms with Crippen molar-refractivity contribution in [2.75, 3.05) is 13.1 Å². The van der Waals surface area contributed by atoms with Crippen LogP contribution in [0.1, 0.15) is 24.0 Å². The van der Waals surface area contributed by atoms with Gasteiger partial charge in [-0.1, -0.05) is 23.8 Å². The Balaban J connectivity index is 1.89. The molecular formula is C18H21N3O2. The summed E-state index contributed by atoms with van der Waals surface area (Å²) in [5.41, 5.74) is 3.75. The first-order valence-corrected chi connectivity index (χ1v) is 7.98. The third kappa shape index (κ3) is 3.33. The van der Waals surface area contributed by atoms with Crippen molar-refractivity contribution < 1.29 is 4.79 Å². The van der Waals surface area contributed by atoms with E-state index in [1.165, 1.54) is 16.3 Å². The highest BCUT2D eigenvalue weighted by atomic mass is 16.2. The van der Waals surface area contributed by atoms with Crippen LogP contribution >= 0.6 is 0 Å². The number of likely N-dealkylation sites (tertiary alicyclic amines) is 1. The second-order valence-corrected chi connectivity index (χ2v) is 6.12. The second-order valence-electron chi connectivity index (χ2n) is 6.12. The summed E-state index contributed by atoms with van der Waals surface area (Å²) in [4.78, 5) is 26.1. The zero-order valence-electron chi connectivity index (χ0n) is 13.6. The summed E-state index contributed by atoms with van der Waals surface area (Å²) >= 11 is 0. The van der Waals surface area contributed by atoms with E-state index in [-0.39, 0.29) is 18.0 Å². The van der Waals surface area contributed by atoms with Crippen LogP contribution in [0.3, 0.4) is 0 Å². The van der Waals surface area contributed by atoms with Crippen LogP contribution in [0.15, 0.2) is 35.1 Å². The van der Waals surface area contributed by atoms with E-state index >= 15 is 0 Å². The van der Waals surface area contributed by atoms with E-state index in [0.717, 1.165) is 42.8 Å². The molecule has 1 aliphatic rings. The Kier molecular flexibility index (Phi) is 4.28. The van der Waals surface area contributed by atoms with Crippen molar-refractivity contribution in [3.63, 3.8) is 0 Å². The Labute approximate surface area is 135 Å². The fourth-order valence-corrected chi connectivity index (χ4v) is 3.00. The van der Waals surface area contributed by atoms with Gasteiger partial charge in [-0.25, -0.2) is 4.68 Å². The predicted octanol–water partition coefficient (Wildman–Crippen LogP) is 2.15. The van der Waals surface area contributed by atoms with Crippen LogP contribution in [0.4, 0.5) is 0 Å². The molecule has 0 radical (unpaired) electrons. The lowest BCUT2D eigenvalue weighted by Crippen LogP contribution is -2.35. The van der Waals surface area contributed by atoms with Crippen LogP contribution in [0.2, 0.25) is 0 Å². The zero-order valence-corrected chi connectivity index (χ0v) is 13.6. The number of carbonyl (C=O) groups excluding carboxylic acids is 1. The highest BCUT2D eigenvalue weighted by Crippen LogP contribution is 2.21. The van der Waals surface area contributed by atoms with E-state index in [9.17, 15) is 9.59 Å². The molecule has 1 aromatic carbocycles. The van der Waals surface area contributed by atoms with E-state index in [0.29, 0.717) is 0 Å². The van der Waals surface area contributed by atoms with Gasteiger partial charge in [-0.15, -0.1) is 0 Å². The first-order valence-electron chi connectivity index (χ1n) is 7.98. The van der Waals surface area contributed by atoms with Crippen LogP contribution in [0.5, 0.6) is 0 Å². The normalized spacial score (nSPS) is 14.3. The molecule has 1 saturated heterocycles. The maximum absolute atomic E-state index is 12.3. The minimum atomic E-state index is -0.244. The summed E-state index contributed by atoms with van der Waals surface area (Å²) in [7, 11) is 0. The van der Waals surface area contributed by atoms with Crippen molar-refractivity contribution in [2.45, 2.75) is 33.2 Å². The summed E-state index contributed by atoms with van der Waals surface area (Å²) in [6.07, 6.45) is 2.08. The lowest BCUT2D eigenvalue weighted by molar-refractivity contribution is -0.131. The highest BCUT2D eigenvalue weighted by Gasteiger charge is 2.19. The first kappa shape index (κ1) is 15.5. The Hall–Kier alpha value is -2.43. The average molecular weight is 311 g/mol. The van der Waals surface area contributed by atoms with Crippen LogP contribution in [-0.2, 0) is 11.3 Å². The van der Waals surface area contributed by atoms with Gasteiger partial charge in [-0.2, -0.15) is 5.10 Å². The quantitative estimate of drug-likeness (QED) is 0.873. The minimum Gasteiger partial charge on any atom is -0.341 e. The lowest BCUT2D eigenvalue weighted by Gasteiger charge is -2.16. The summed E-state index contributed by atoms with van der Waals surface area (Å²) in [6.45, 7) is 5.64. The van der Waals surface area contributed by atoms with E-state index < -0.39 is 0 Å². The van der Waals surface area contributed by atoms with Crippen molar-refractivity contribution in [3.05, 3.63) is 51.8 Å². The summed E-state index contributed by atoms with van der Waals surface area (Å²) in [5, 5.41) is 4.40. The molecule has 0 N–H and O–H groups in total. The van der Waals surface area contributed by atoms with E-state index in [4.69, 9.17) is 0 Å².